The smallest absolute Gasteiger partial charge is 0.140 e. The van der Waals surface area contributed by atoms with Crippen molar-refractivity contribution in [2.45, 2.75) is 26.2 Å². The van der Waals surface area contributed by atoms with E-state index < -0.39 is 0 Å². The van der Waals surface area contributed by atoms with Crippen LogP contribution in [0.5, 0.6) is 11.5 Å². The molecule has 0 bridgehead atoms. The van der Waals surface area contributed by atoms with Crippen LogP contribution < -0.4 is 9.64 Å². The van der Waals surface area contributed by atoms with Crippen molar-refractivity contribution < 1.29 is 30.9 Å². The number of hydrogen-bond acceptors (Lipinski definition) is 5. The fourth-order valence-corrected chi connectivity index (χ4v) is 5.16. The summed E-state index contributed by atoms with van der Waals surface area (Å²) in [4.78, 5) is 11.7. The fourth-order valence-electron chi connectivity index (χ4n) is 5.16. The van der Waals surface area contributed by atoms with Crippen molar-refractivity contribution in [1.29, 1.82) is 0 Å². The van der Waals surface area contributed by atoms with Crippen molar-refractivity contribution in [1.82, 2.24) is 9.97 Å². The van der Waals surface area contributed by atoms with E-state index in [0.29, 0.717) is 17.0 Å². The van der Waals surface area contributed by atoms with Gasteiger partial charge in [-0.2, -0.15) is 0 Å². The number of phenols is 1. The zero-order chi connectivity index (χ0) is 25.0. The van der Waals surface area contributed by atoms with Gasteiger partial charge in [0.25, 0.3) is 0 Å². The molecule has 2 aromatic heterocycles. The van der Waals surface area contributed by atoms with Gasteiger partial charge >= 0.3 is 0 Å². The van der Waals surface area contributed by atoms with Crippen LogP contribution in [0.1, 0.15) is 30.5 Å². The second-order valence-electron chi connectivity index (χ2n) is 9.69. The first-order valence-corrected chi connectivity index (χ1v) is 11.9. The molecule has 188 valence electrons. The molecule has 0 atom stereocenters. The van der Waals surface area contributed by atoms with Crippen LogP contribution in [0.4, 0.5) is 17.2 Å². The summed E-state index contributed by atoms with van der Waals surface area (Å²) in [5, 5.41) is 11.3. The molecule has 0 aliphatic carbocycles. The monoisotopic (exact) mass is 667 g/mol. The van der Waals surface area contributed by atoms with E-state index in [0.717, 1.165) is 39.3 Å². The van der Waals surface area contributed by atoms with Crippen LogP contribution >= 0.6 is 0 Å². The molecule has 0 saturated carbocycles. The molecule has 0 radical (unpaired) electrons. The Bertz CT molecular complexity index is 1650. The Kier molecular flexibility index (Phi) is 6.29. The standard InChI is InChI=1S/C31H26N3O2.Pt/c1-19-14-15-32-29(16-19)34-25-10-6-5-9-22(25)31(2,3)23-13-12-20(17-26(23)34)24-18-28(36-4)21-8-7-11-27(35)30(21)33-24;/h5-16,18,35H,1-4H3;/q-1;. The maximum Gasteiger partial charge on any atom is 0.140 e. The number of phenolic OH excluding ortho intramolecular Hbond substituents is 1. The molecule has 6 heteroatoms. The van der Waals surface area contributed by atoms with Crippen LogP contribution in [0.2, 0.25) is 0 Å². The number of aryl methyl sites for hydroxylation is 1. The van der Waals surface area contributed by atoms with Gasteiger partial charge in [0.2, 0.25) is 0 Å². The van der Waals surface area contributed by atoms with Crippen LogP contribution in [0.3, 0.4) is 0 Å². The summed E-state index contributed by atoms with van der Waals surface area (Å²) in [5.41, 5.74) is 7.31. The summed E-state index contributed by atoms with van der Waals surface area (Å²) < 4.78 is 5.66. The number of nitrogens with zero attached hydrogens (tertiary/aromatic N) is 3. The van der Waals surface area contributed by atoms with Crippen molar-refractivity contribution in [3.05, 3.63) is 102 Å². The molecule has 3 aromatic carbocycles. The van der Waals surface area contributed by atoms with E-state index in [1.165, 1.54) is 5.56 Å². The first-order chi connectivity index (χ1) is 17.4. The maximum atomic E-state index is 10.5. The number of aromatic hydroxyl groups is 1. The Morgan fingerprint density at radius 1 is 0.946 bits per heavy atom. The van der Waals surface area contributed by atoms with Crippen LogP contribution in [0, 0.1) is 13.0 Å². The van der Waals surface area contributed by atoms with Crippen molar-refractivity contribution in [3.63, 3.8) is 0 Å². The summed E-state index contributed by atoms with van der Waals surface area (Å²) in [7, 11) is 1.63. The van der Waals surface area contributed by atoms with Gasteiger partial charge in [-0.05, 0) is 71.2 Å². The predicted molar refractivity (Wildman–Crippen MR) is 144 cm³/mol. The molecule has 6 rings (SSSR count). The summed E-state index contributed by atoms with van der Waals surface area (Å²) >= 11 is 0. The quantitative estimate of drug-likeness (QED) is 0.206. The van der Waals surface area contributed by atoms with Crippen LogP contribution in [-0.4, -0.2) is 22.2 Å². The van der Waals surface area contributed by atoms with Gasteiger partial charge in [-0.25, -0.2) is 4.98 Å². The number of aromatic nitrogens is 2. The molecule has 5 nitrogen and oxygen atoms in total. The van der Waals surface area contributed by atoms with Gasteiger partial charge in [0.1, 0.15) is 22.8 Å². The number of fused-ring (bicyclic) bond motifs is 3. The molecule has 0 unspecified atom stereocenters. The van der Waals surface area contributed by atoms with E-state index in [-0.39, 0.29) is 32.2 Å². The molecule has 5 aromatic rings. The topological polar surface area (TPSA) is 58.5 Å². The average molecular weight is 668 g/mol. The molecule has 3 heterocycles. The Morgan fingerprint density at radius 3 is 2.54 bits per heavy atom. The molecule has 0 fully saturated rings. The van der Waals surface area contributed by atoms with Gasteiger partial charge in [0, 0.05) is 38.3 Å². The zero-order valence-corrected chi connectivity index (χ0v) is 23.3. The minimum atomic E-state index is -0.228. The van der Waals surface area contributed by atoms with Crippen molar-refractivity contribution in [2.75, 3.05) is 12.0 Å². The number of rotatable bonds is 3. The van der Waals surface area contributed by atoms with Crippen molar-refractivity contribution in [3.8, 4) is 22.8 Å². The second kappa shape index (κ2) is 9.31. The molecule has 0 amide bonds. The van der Waals surface area contributed by atoms with Gasteiger partial charge in [0.15, 0.2) is 0 Å². The van der Waals surface area contributed by atoms with Crippen LogP contribution in [0.15, 0.2) is 79.0 Å². The van der Waals surface area contributed by atoms with E-state index in [1.54, 1.807) is 19.2 Å². The van der Waals surface area contributed by atoms with E-state index in [1.807, 2.05) is 30.5 Å². The number of anilines is 3. The number of pyridine rings is 2. The molecular formula is C31H26N3O2Pt-. The molecular weight excluding hydrogens is 641 g/mol. The van der Waals surface area contributed by atoms with Crippen LogP contribution in [-0.2, 0) is 26.5 Å². The van der Waals surface area contributed by atoms with Crippen molar-refractivity contribution >= 4 is 28.1 Å². The SMILES string of the molecule is COc1cc(-c2[c-]c3c(cc2)C(C)(C)c2ccccc2N3c2cc(C)ccn2)nc2c(O)cccc12.[Pt]. The first kappa shape index (κ1) is 25.0. The first-order valence-electron chi connectivity index (χ1n) is 11.9. The number of para-hydroxylation sites is 2. The molecule has 1 aliphatic heterocycles. The summed E-state index contributed by atoms with van der Waals surface area (Å²) in [6.07, 6.45) is 1.84. The van der Waals surface area contributed by atoms with Gasteiger partial charge in [-0.3, -0.25) is 4.98 Å². The Morgan fingerprint density at radius 2 is 1.76 bits per heavy atom. The normalized spacial score (nSPS) is 13.5. The Labute approximate surface area is 231 Å². The largest absolute Gasteiger partial charge is 0.506 e. The average Bonchev–Trinajstić information content (AvgIpc) is 2.88. The molecule has 0 spiro atoms. The number of hydrogen-bond donors (Lipinski definition) is 1. The van der Waals surface area contributed by atoms with E-state index >= 15 is 0 Å². The minimum absolute atomic E-state index is 0. The van der Waals surface area contributed by atoms with Crippen molar-refractivity contribution in [2.24, 2.45) is 0 Å². The minimum Gasteiger partial charge on any atom is -0.506 e. The third-order valence-corrected chi connectivity index (χ3v) is 7.05. The number of methoxy groups -OCH3 is 1. The summed E-state index contributed by atoms with van der Waals surface area (Å²) in [6, 6.07) is 27.7. The second-order valence-corrected chi connectivity index (χ2v) is 9.69. The van der Waals surface area contributed by atoms with E-state index in [4.69, 9.17) is 14.7 Å². The predicted octanol–water partition coefficient (Wildman–Crippen LogP) is 7.23. The van der Waals surface area contributed by atoms with Gasteiger partial charge in [0.05, 0.1) is 7.11 Å². The maximum absolute atomic E-state index is 10.5. The van der Waals surface area contributed by atoms with Crippen LogP contribution in [0.25, 0.3) is 22.2 Å². The summed E-state index contributed by atoms with van der Waals surface area (Å²) in [5.74, 6) is 1.61. The Hall–Kier alpha value is -3.69. The number of benzene rings is 3. The van der Waals surface area contributed by atoms with Gasteiger partial charge in [-0.15, -0.1) is 23.8 Å². The Balaban J connectivity index is 0.00000280. The van der Waals surface area contributed by atoms with E-state index in [9.17, 15) is 5.11 Å². The molecule has 37 heavy (non-hydrogen) atoms. The third-order valence-electron chi connectivity index (χ3n) is 7.05. The third kappa shape index (κ3) is 3.98. The van der Waals surface area contributed by atoms with E-state index in [2.05, 4.69) is 68.1 Å². The van der Waals surface area contributed by atoms with Gasteiger partial charge < -0.3 is 14.7 Å². The van der Waals surface area contributed by atoms with Gasteiger partial charge in [-0.1, -0.05) is 43.7 Å². The molecule has 1 N–H and O–H groups in total. The fraction of sp³-hybridized carbons (Fsp3) is 0.161. The zero-order valence-electron chi connectivity index (χ0n) is 21.0. The number of ether oxygens (including phenoxy) is 1. The summed E-state index contributed by atoms with van der Waals surface area (Å²) in [6.45, 7) is 6.56. The molecule has 0 saturated heterocycles. The molecule has 1 aliphatic rings.